The fraction of sp³-hybridized carbons (Fsp3) is 0.471. The van der Waals surface area contributed by atoms with E-state index in [9.17, 15) is 8.42 Å². The molecule has 1 saturated heterocycles. The molecule has 2 fully saturated rings. The highest BCUT2D eigenvalue weighted by Gasteiger charge is 2.45. The summed E-state index contributed by atoms with van der Waals surface area (Å²) < 4.78 is 39.2. The van der Waals surface area contributed by atoms with E-state index in [1.807, 2.05) is 0 Å². The van der Waals surface area contributed by atoms with Gasteiger partial charge in [0, 0.05) is 43.8 Å². The van der Waals surface area contributed by atoms with Gasteiger partial charge in [-0.3, -0.25) is 0 Å². The Morgan fingerprint density at radius 1 is 1.37 bits per heavy atom. The van der Waals surface area contributed by atoms with Crippen LogP contribution >= 0.6 is 0 Å². The number of hydrogen-bond donors (Lipinski definition) is 1. The van der Waals surface area contributed by atoms with Crippen molar-refractivity contribution < 1.29 is 17.7 Å². The van der Waals surface area contributed by atoms with Crippen molar-refractivity contribution in [2.45, 2.75) is 42.2 Å². The molecule has 5 rings (SSSR count). The average molecular weight is 389 g/mol. The van der Waals surface area contributed by atoms with Crippen molar-refractivity contribution in [3.63, 3.8) is 0 Å². The number of H-pyrrole nitrogens is 1. The van der Waals surface area contributed by atoms with Gasteiger partial charge in [-0.1, -0.05) is 5.16 Å². The first-order valence-corrected chi connectivity index (χ1v) is 10.3. The molecular formula is C17H19N5O4S. The molecule has 3 aromatic rings. The summed E-state index contributed by atoms with van der Waals surface area (Å²) in [6, 6.07) is 2.92. The molecule has 0 amide bonds. The first-order chi connectivity index (χ1) is 13.1. The number of nitrogens with one attached hydrogen (secondary N) is 1. The summed E-state index contributed by atoms with van der Waals surface area (Å²) >= 11 is 0. The Kier molecular flexibility index (Phi) is 3.81. The molecule has 10 heteroatoms. The Bertz CT molecular complexity index is 1090. The summed E-state index contributed by atoms with van der Waals surface area (Å²) in [6.45, 7) is 0.234. The van der Waals surface area contributed by atoms with E-state index in [1.165, 1.54) is 10.5 Å². The molecule has 0 spiro atoms. The number of ether oxygens (including phenoxy) is 1. The van der Waals surface area contributed by atoms with E-state index in [0.717, 1.165) is 12.8 Å². The predicted octanol–water partition coefficient (Wildman–Crippen LogP) is 1.97. The summed E-state index contributed by atoms with van der Waals surface area (Å²) in [5, 5.41) is 4.60. The lowest BCUT2D eigenvalue weighted by molar-refractivity contribution is 0.114. The first-order valence-electron chi connectivity index (χ1n) is 8.88. The fourth-order valence-electron chi connectivity index (χ4n) is 3.59. The van der Waals surface area contributed by atoms with Crippen molar-refractivity contribution in [3.05, 3.63) is 36.2 Å². The van der Waals surface area contributed by atoms with Crippen molar-refractivity contribution in [1.82, 2.24) is 24.4 Å². The number of rotatable bonds is 5. The number of fused-ring (bicyclic) bond motifs is 1. The van der Waals surface area contributed by atoms with Crippen LogP contribution in [0, 0.1) is 0 Å². The van der Waals surface area contributed by atoms with Crippen LogP contribution in [0.3, 0.4) is 0 Å². The second kappa shape index (κ2) is 6.11. The average Bonchev–Trinajstić information content (AvgIpc) is 3.12. The second-order valence-corrected chi connectivity index (χ2v) is 8.86. The van der Waals surface area contributed by atoms with Gasteiger partial charge < -0.3 is 14.2 Å². The molecule has 4 heterocycles. The van der Waals surface area contributed by atoms with Gasteiger partial charge in [-0.05, 0) is 25.0 Å². The number of methoxy groups -OCH3 is 1. The summed E-state index contributed by atoms with van der Waals surface area (Å²) in [6.07, 6.45) is 5.44. The number of pyridine rings is 1. The lowest BCUT2D eigenvalue weighted by atomic mass is 10.2. The van der Waals surface area contributed by atoms with Crippen LogP contribution in [0.5, 0.6) is 0 Å². The van der Waals surface area contributed by atoms with Crippen LogP contribution in [0.2, 0.25) is 0 Å². The standard InChI is InChI=1S/C17H19N5O4S/c1-25-11-7-13(17-20-15(21-26-17)10-4-5-10)22(9-11)27(23,24)14-8-19-16-12(14)3-2-6-18-16/h2-3,6,8,10-11,13H,4-5,7,9H2,1H3,(H,18,19)/t11-,13+/m0/s1. The van der Waals surface area contributed by atoms with Crippen LogP contribution in [0.25, 0.3) is 11.0 Å². The smallest absolute Gasteiger partial charge is 0.246 e. The van der Waals surface area contributed by atoms with Crippen molar-refractivity contribution in [3.8, 4) is 0 Å². The Morgan fingerprint density at radius 2 is 2.22 bits per heavy atom. The van der Waals surface area contributed by atoms with E-state index >= 15 is 0 Å². The SMILES string of the molecule is CO[C@H]1C[C@H](c2nc(C3CC3)no2)N(S(=O)(=O)c2c[nH]c3ncccc23)C1. The van der Waals surface area contributed by atoms with Gasteiger partial charge in [0.25, 0.3) is 0 Å². The van der Waals surface area contributed by atoms with Crippen molar-refractivity contribution in [1.29, 1.82) is 0 Å². The van der Waals surface area contributed by atoms with E-state index in [4.69, 9.17) is 9.26 Å². The Hall–Kier alpha value is -2.30. The normalized spacial score (nSPS) is 24.0. The molecule has 0 bridgehead atoms. The minimum absolute atomic E-state index is 0.189. The molecule has 1 saturated carbocycles. The molecule has 27 heavy (non-hydrogen) atoms. The third kappa shape index (κ3) is 2.75. The monoisotopic (exact) mass is 389 g/mol. The van der Waals surface area contributed by atoms with Crippen LogP contribution in [0.4, 0.5) is 0 Å². The maximum absolute atomic E-state index is 13.4. The lowest BCUT2D eigenvalue weighted by Gasteiger charge is -2.20. The molecule has 1 N–H and O–H groups in total. The molecule has 9 nitrogen and oxygen atoms in total. The third-order valence-corrected chi connectivity index (χ3v) is 7.15. The summed E-state index contributed by atoms with van der Waals surface area (Å²) in [5.74, 6) is 1.34. The number of aromatic amines is 1. The van der Waals surface area contributed by atoms with Crippen LogP contribution in [0.15, 0.2) is 33.9 Å². The molecule has 142 valence electrons. The van der Waals surface area contributed by atoms with Gasteiger partial charge >= 0.3 is 0 Å². The van der Waals surface area contributed by atoms with Gasteiger partial charge in [-0.25, -0.2) is 13.4 Å². The molecule has 2 aliphatic rings. The quantitative estimate of drug-likeness (QED) is 0.709. The zero-order valence-electron chi connectivity index (χ0n) is 14.7. The minimum Gasteiger partial charge on any atom is -0.380 e. The maximum Gasteiger partial charge on any atom is 0.246 e. The Labute approximate surface area is 155 Å². The lowest BCUT2D eigenvalue weighted by Crippen LogP contribution is -2.32. The second-order valence-electron chi connectivity index (χ2n) is 7.00. The van der Waals surface area contributed by atoms with E-state index < -0.39 is 16.1 Å². The van der Waals surface area contributed by atoms with Crippen LogP contribution < -0.4 is 0 Å². The molecular weight excluding hydrogens is 370 g/mol. The van der Waals surface area contributed by atoms with Crippen molar-refractivity contribution in [2.24, 2.45) is 0 Å². The van der Waals surface area contributed by atoms with Crippen molar-refractivity contribution in [2.75, 3.05) is 13.7 Å². The zero-order valence-corrected chi connectivity index (χ0v) is 15.5. The van der Waals surface area contributed by atoms with E-state index in [1.54, 1.807) is 25.4 Å². The van der Waals surface area contributed by atoms with E-state index in [-0.39, 0.29) is 17.5 Å². The fourth-order valence-corrected chi connectivity index (χ4v) is 5.37. The molecule has 0 radical (unpaired) electrons. The van der Waals surface area contributed by atoms with Gasteiger partial charge in [0.2, 0.25) is 15.9 Å². The zero-order chi connectivity index (χ0) is 18.6. The summed E-state index contributed by atoms with van der Waals surface area (Å²) in [5.41, 5.74) is 0.531. The highest BCUT2D eigenvalue weighted by Crippen LogP contribution is 2.41. The van der Waals surface area contributed by atoms with Gasteiger partial charge in [0.1, 0.15) is 16.6 Å². The molecule has 1 aliphatic carbocycles. The van der Waals surface area contributed by atoms with Crippen LogP contribution in [0.1, 0.15) is 42.9 Å². The highest BCUT2D eigenvalue weighted by atomic mass is 32.2. The van der Waals surface area contributed by atoms with Gasteiger partial charge in [-0.2, -0.15) is 9.29 Å². The largest absolute Gasteiger partial charge is 0.380 e. The minimum atomic E-state index is -3.80. The highest BCUT2D eigenvalue weighted by molar-refractivity contribution is 7.89. The number of sulfonamides is 1. The third-order valence-electron chi connectivity index (χ3n) is 5.24. The van der Waals surface area contributed by atoms with Crippen LogP contribution in [-0.4, -0.2) is 52.6 Å². The summed E-state index contributed by atoms with van der Waals surface area (Å²) in [4.78, 5) is 11.8. The molecule has 0 unspecified atom stereocenters. The predicted molar refractivity (Wildman–Crippen MR) is 94.4 cm³/mol. The Morgan fingerprint density at radius 3 is 3.00 bits per heavy atom. The molecule has 1 aliphatic heterocycles. The van der Waals surface area contributed by atoms with E-state index in [0.29, 0.717) is 35.1 Å². The molecule has 2 atom stereocenters. The first kappa shape index (κ1) is 16.8. The summed E-state index contributed by atoms with van der Waals surface area (Å²) in [7, 11) is -2.22. The number of nitrogens with zero attached hydrogens (tertiary/aromatic N) is 4. The van der Waals surface area contributed by atoms with Gasteiger partial charge in [-0.15, -0.1) is 0 Å². The molecule has 3 aromatic heterocycles. The van der Waals surface area contributed by atoms with E-state index in [2.05, 4.69) is 20.1 Å². The topological polar surface area (TPSA) is 114 Å². The number of hydrogen-bond acceptors (Lipinski definition) is 7. The van der Waals surface area contributed by atoms with Crippen LogP contribution in [-0.2, 0) is 14.8 Å². The van der Waals surface area contributed by atoms with Crippen molar-refractivity contribution >= 4 is 21.1 Å². The van der Waals surface area contributed by atoms with Gasteiger partial charge in [0.15, 0.2) is 5.82 Å². The number of aromatic nitrogens is 4. The Balaban J connectivity index is 1.55. The molecule has 0 aromatic carbocycles. The maximum atomic E-state index is 13.4. The van der Waals surface area contributed by atoms with Gasteiger partial charge in [0.05, 0.1) is 6.10 Å².